The van der Waals surface area contributed by atoms with Crippen molar-refractivity contribution >= 4 is 18.3 Å². The number of carbonyl (C=O) groups excluding carboxylic acids is 1. The minimum absolute atomic E-state index is 0. The zero-order valence-corrected chi connectivity index (χ0v) is 14.4. The largest absolute Gasteiger partial charge is 0.493 e. The number of hydrogen-bond acceptors (Lipinski definition) is 4. The fourth-order valence-corrected chi connectivity index (χ4v) is 1.94. The van der Waals surface area contributed by atoms with E-state index in [0.29, 0.717) is 26.1 Å². The van der Waals surface area contributed by atoms with E-state index in [1.807, 2.05) is 31.2 Å². The maximum atomic E-state index is 11.9. The van der Waals surface area contributed by atoms with E-state index in [4.69, 9.17) is 15.2 Å². The molecule has 1 rings (SSSR count). The summed E-state index contributed by atoms with van der Waals surface area (Å²) in [5.74, 6) is 0.942. The predicted octanol–water partition coefficient (Wildman–Crippen LogP) is 2.01. The molecule has 0 bridgehead atoms. The van der Waals surface area contributed by atoms with Gasteiger partial charge in [-0.2, -0.15) is 0 Å². The molecular formula is C16H27ClN2O3. The monoisotopic (exact) mass is 330 g/mol. The average molecular weight is 331 g/mol. The molecule has 0 aliphatic heterocycles. The molecule has 0 saturated heterocycles. The highest BCUT2D eigenvalue weighted by molar-refractivity contribution is 5.85. The number of aryl methyl sites for hydroxylation is 1. The van der Waals surface area contributed by atoms with Gasteiger partial charge in [0.15, 0.2) is 0 Å². The van der Waals surface area contributed by atoms with Crippen LogP contribution in [-0.4, -0.2) is 50.8 Å². The third-order valence-corrected chi connectivity index (χ3v) is 3.41. The van der Waals surface area contributed by atoms with Crippen molar-refractivity contribution in [3.05, 3.63) is 29.8 Å². The second kappa shape index (κ2) is 11.3. The number of carbonyl (C=O) groups is 1. The third-order valence-electron chi connectivity index (χ3n) is 3.41. The smallest absolute Gasteiger partial charge is 0.224 e. The summed E-state index contributed by atoms with van der Waals surface area (Å²) in [6.45, 7) is 3.62. The molecule has 0 aliphatic carbocycles. The highest BCUT2D eigenvalue weighted by Gasteiger charge is 2.14. The molecule has 1 amide bonds. The number of nitrogens with zero attached hydrogens (tertiary/aromatic N) is 1. The van der Waals surface area contributed by atoms with Crippen molar-refractivity contribution in [2.24, 2.45) is 5.73 Å². The Morgan fingerprint density at radius 1 is 1.36 bits per heavy atom. The summed E-state index contributed by atoms with van der Waals surface area (Å²) in [6.07, 6.45) is 0.905. The van der Waals surface area contributed by atoms with E-state index >= 15 is 0 Å². The van der Waals surface area contributed by atoms with Gasteiger partial charge in [-0.1, -0.05) is 18.2 Å². The second-order valence-electron chi connectivity index (χ2n) is 5.08. The number of halogens is 1. The Balaban J connectivity index is 0.00000441. The third kappa shape index (κ3) is 7.11. The maximum absolute atomic E-state index is 11.9. The summed E-state index contributed by atoms with van der Waals surface area (Å²) in [4.78, 5) is 13.6. The highest BCUT2D eigenvalue weighted by atomic mass is 35.5. The lowest BCUT2D eigenvalue weighted by atomic mass is 10.2. The molecule has 6 heteroatoms. The van der Waals surface area contributed by atoms with Gasteiger partial charge in [0.25, 0.3) is 0 Å². The minimum atomic E-state index is -0.205. The van der Waals surface area contributed by atoms with Crippen molar-refractivity contribution in [2.75, 3.05) is 33.9 Å². The van der Waals surface area contributed by atoms with Crippen molar-refractivity contribution in [3.8, 4) is 5.75 Å². The number of para-hydroxylation sites is 1. The van der Waals surface area contributed by atoms with E-state index < -0.39 is 0 Å². The van der Waals surface area contributed by atoms with Crippen LogP contribution in [0.1, 0.15) is 18.4 Å². The van der Waals surface area contributed by atoms with E-state index in [0.717, 1.165) is 17.7 Å². The van der Waals surface area contributed by atoms with Gasteiger partial charge in [-0.05, 0) is 25.0 Å². The molecule has 5 nitrogen and oxygen atoms in total. The molecule has 126 valence electrons. The molecule has 0 saturated carbocycles. The average Bonchev–Trinajstić information content (AvgIpc) is 2.50. The zero-order chi connectivity index (χ0) is 15.7. The molecule has 0 heterocycles. The number of rotatable bonds is 9. The van der Waals surface area contributed by atoms with Crippen LogP contribution in [0.4, 0.5) is 0 Å². The molecular weight excluding hydrogens is 304 g/mol. The van der Waals surface area contributed by atoms with Gasteiger partial charge < -0.3 is 20.1 Å². The molecule has 1 aromatic carbocycles. The first kappa shape index (κ1) is 20.7. The highest BCUT2D eigenvalue weighted by Crippen LogP contribution is 2.16. The number of methoxy groups -OCH3 is 1. The SMILES string of the molecule is COC(CN)CC(=O)N(C)CCCOc1ccccc1C.Cl. The van der Waals surface area contributed by atoms with Crippen molar-refractivity contribution in [3.63, 3.8) is 0 Å². The fraction of sp³-hybridized carbons (Fsp3) is 0.562. The first-order valence-electron chi connectivity index (χ1n) is 7.23. The molecule has 0 spiro atoms. The Morgan fingerprint density at radius 3 is 2.64 bits per heavy atom. The Labute approximate surface area is 139 Å². The van der Waals surface area contributed by atoms with E-state index in [2.05, 4.69) is 0 Å². The Hall–Kier alpha value is -1.30. The molecule has 0 aromatic heterocycles. The van der Waals surface area contributed by atoms with E-state index in [1.54, 1.807) is 19.1 Å². The lowest BCUT2D eigenvalue weighted by molar-refractivity contribution is -0.132. The first-order valence-corrected chi connectivity index (χ1v) is 7.23. The summed E-state index contributed by atoms with van der Waals surface area (Å²) in [7, 11) is 3.36. The lowest BCUT2D eigenvalue weighted by Gasteiger charge is -2.20. The van der Waals surface area contributed by atoms with E-state index in [-0.39, 0.29) is 24.4 Å². The van der Waals surface area contributed by atoms with Crippen LogP contribution >= 0.6 is 12.4 Å². The molecule has 1 unspecified atom stereocenters. The molecule has 22 heavy (non-hydrogen) atoms. The minimum Gasteiger partial charge on any atom is -0.493 e. The molecule has 0 aliphatic rings. The Bertz CT molecular complexity index is 439. The van der Waals surface area contributed by atoms with Crippen LogP contribution in [0.3, 0.4) is 0 Å². The number of ether oxygens (including phenoxy) is 2. The fourth-order valence-electron chi connectivity index (χ4n) is 1.94. The number of nitrogens with two attached hydrogens (primary N) is 1. The Kier molecular flexibility index (Phi) is 10.6. The van der Waals surface area contributed by atoms with Crippen LogP contribution < -0.4 is 10.5 Å². The van der Waals surface area contributed by atoms with Crippen LogP contribution in [-0.2, 0) is 9.53 Å². The van der Waals surface area contributed by atoms with Crippen LogP contribution in [0, 0.1) is 6.92 Å². The van der Waals surface area contributed by atoms with Crippen molar-refractivity contribution in [1.29, 1.82) is 0 Å². The summed E-state index contributed by atoms with van der Waals surface area (Å²) < 4.78 is 10.8. The van der Waals surface area contributed by atoms with Gasteiger partial charge in [-0.15, -0.1) is 12.4 Å². The van der Waals surface area contributed by atoms with Crippen molar-refractivity contribution in [1.82, 2.24) is 4.90 Å². The van der Waals surface area contributed by atoms with Gasteiger partial charge >= 0.3 is 0 Å². The molecule has 1 atom stereocenters. The second-order valence-corrected chi connectivity index (χ2v) is 5.08. The quantitative estimate of drug-likeness (QED) is 0.703. The lowest BCUT2D eigenvalue weighted by Crippen LogP contribution is -2.34. The molecule has 1 aromatic rings. The topological polar surface area (TPSA) is 64.8 Å². The van der Waals surface area contributed by atoms with Gasteiger partial charge in [0, 0.05) is 27.2 Å². The standard InChI is InChI=1S/C16H26N2O3.ClH/c1-13-7-4-5-8-15(13)21-10-6-9-18(2)16(19)11-14(12-17)20-3;/h4-5,7-8,14H,6,9-12,17H2,1-3H3;1H. The van der Waals surface area contributed by atoms with Crippen LogP contribution in [0.15, 0.2) is 24.3 Å². The summed E-state index contributed by atoms with van der Waals surface area (Å²) >= 11 is 0. The van der Waals surface area contributed by atoms with Crippen LogP contribution in [0.2, 0.25) is 0 Å². The summed E-state index contributed by atoms with van der Waals surface area (Å²) in [5.41, 5.74) is 6.63. The normalized spacial score (nSPS) is 11.5. The summed E-state index contributed by atoms with van der Waals surface area (Å²) in [5, 5.41) is 0. The van der Waals surface area contributed by atoms with Crippen LogP contribution in [0.5, 0.6) is 5.75 Å². The Morgan fingerprint density at radius 2 is 2.05 bits per heavy atom. The number of benzene rings is 1. The van der Waals surface area contributed by atoms with Gasteiger partial charge in [0.2, 0.25) is 5.91 Å². The van der Waals surface area contributed by atoms with E-state index in [9.17, 15) is 4.79 Å². The first-order chi connectivity index (χ1) is 10.1. The van der Waals surface area contributed by atoms with Crippen molar-refractivity contribution < 1.29 is 14.3 Å². The number of hydrogen-bond donors (Lipinski definition) is 1. The van der Waals surface area contributed by atoms with Gasteiger partial charge in [-0.25, -0.2) is 0 Å². The van der Waals surface area contributed by atoms with Gasteiger partial charge in [-0.3, -0.25) is 4.79 Å². The van der Waals surface area contributed by atoms with Crippen molar-refractivity contribution in [2.45, 2.75) is 25.9 Å². The number of amides is 1. The van der Waals surface area contributed by atoms with Gasteiger partial charge in [0.1, 0.15) is 5.75 Å². The molecule has 0 fully saturated rings. The maximum Gasteiger partial charge on any atom is 0.224 e. The van der Waals surface area contributed by atoms with Crippen LogP contribution in [0.25, 0.3) is 0 Å². The predicted molar refractivity (Wildman–Crippen MR) is 90.6 cm³/mol. The molecule has 0 radical (unpaired) electrons. The molecule has 2 N–H and O–H groups in total. The van der Waals surface area contributed by atoms with E-state index in [1.165, 1.54) is 0 Å². The zero-order valence-electron chi connectivity index (χ0n) is 13.6. The summed E-state index contributed by atoms with van der Waals surface area (Å²) in [6, 6.07) is 7.91. The van der Waals surface area contributed by atoms with Gasteiger partial charge in [0.05, 0.1) is 19.1 Å².